The van der Waals surface area contributed by atoms with Gasteiger partial charge in [-0.1, -0.05) is 6.92 Å². The molecule has 6 heteroatoms. The second-order valence-corrected chi connectivity index (χ2v) is 7.24. The van der Waals surface area contributed by atoms with Crippen LogP contribution in [0.2, 0.25) is 0 Å². The van der Waals surface area contributed by atoms with Crippen LogP contribution in [0.3, 0.4) is 0 Å². The second-order valence-electron chi connectivity index (χ2n) is 5.01. The normalized spacial score (nSPS) is 23.4. The highest BCUT2D eigenvalue weighted by molar-refractivity contribution is 7.91. The maximum Gasteiger partial charge on any atom is 0.150 e. The Labute approximate surface area is 113 Å². The van der Waals surface area contributed by atoms with Crippen molar-refractivity contribution in [1.29, 1.82) is 0 Å². The molecule has 0 bridgehead atoms. The zero-order valence-electron chi connectivity index (χ0n) is 11.0. The maximum absolute atomic E-state index is 13.8. The molecule has 19 heavy (non-hydrogen) atoms. The minimum atomic E-state index is -2.88. The molecule has 0 aliphatic carbocycles. The molecule has 2 heterocycles. The van der Waals surface area contributed by atoms with E-state index < -0.39 is 9.84 Å². The number of sulfone groups is 1. The van der Waals surface area contributed by atoms with Gasteiger partial charge in [-0.25, -0.2) is 12.8 Å². The molecule has 1 N–H and O–H groups in total. The molecule has 1 aromatic rings. The van der Waals surface area contributed by atoms with Gasteiger partial charge in [-0.05, 0) is 31.4 Å². The van der Waals surface area contributed by atoms with Gasteiger partial charge in [-0.3, -0.25) is 4.98 Å². The summed E-state index contributed by atoms with van der Waals surface area (Å²) in [6.45, 7) is 2.67. The van der Waals surface area contributed by atoms with Gasteiger partial charge in [-0.15, -0.1) is 0 Å². The highest BCUT2D eigenvalue weighted by atomic mass is 32.2. The lowest BCUT2D eigenvalue weighted by Crippen LogP contribution is -2.25. The van der Waals surface area contributed by atoms with Gasteiger partial charge in [0, 0.05) is 17.8 Å². The van der Waals surface area contributed by atoms with Gasteiger partial charge in [0.25, 0.3) is 0 Å². The SMILES string of the molecule is CCNC(CC1CCS(=O)(=O)C1)c1ccncc1F. The van der Waals surface area contributed by atoms with Gasteiger partial charge in [-0.2, -0.15) is 0 Å². The van der Waals surface area contributed by atoms with Crippen LogP contribution in [0.25, 0.3) is 0 Å². The standard InChI is InChI=1S/C13H19FN2O2S/c1-2-16-13(11-3-5-15-8-12(11)14)7-10-4-6-19(17,18)9-10/h3,5,8,10,13,16H,2,4,6-7,9H2,1H3. The lowest BCUT2D eigenvalue weighted by Gasteiger charge is -2.21. The zero-order valence-corrected chi connectivity index (χ0v) is 11.8. The number of rotatable bonds is 5. The summed E-state index contributed by atoms with van der Waals surface area (Å²) >= 11 is 0. The predicted molar refractivity (Wildman–Crippen MR) is 72.0 cm³/mol. The van der Waals surface area contributed by atoms with Gasteiger partial charge < -0.3 is 5.32 Å². The number of halogens is 1. The molecule has 1 fully saturated rings. The smallest absolute Gasteiger partial charge is 0.150 e. The summed E-state index contributed by atoms with van der Waals surface area (Å²) in [5.74, 6) is 0.257. The Morgan fingerprint density at radius 3 is 2.95 bits per heavy atom. The van der Waals surface area contributed by atoms with Crippen LogP contribution in [-0.2, 0) is 9.84 Å². The number of nitrogens with one attached hydrogen (secondary N) is 1. The van der Waals surface area contributed by atoms with Crippen LogP contribution in [-0.4, -0.2) is 31.5 Å². The maximum atomic E-state index is 13.8. The molecule has 2 unspecified atom stereocenters. The first-order valence-corrected chi connectivity index (χ1v) is 8.37. The second kappa shape index (κ2) is 5.96. The minimum Gasteiger partial charge on any atom is -0.310 e. The van der Waals surface area contributed by atoms with E-state index in [2.05, 4.69) is 10.3 Å². The number of pyridine rings is 1. The number of nitrogens with zero attached hydrogens (tertiary/aromatic N) is 1. The fourth-order valence-corrected chi connectivity index (χ4v) is 4.51. The first-order chi connectivity index (χ1) is 9.02. The molecule has 0 amide bonds. The molecule has 2 rings (SSSR count). The van der Waals surface area contributed by atoms with E-state index in [1.54, 1.807) is 12.3 Å². The van der Waals surface area contributed by atoms with E-state index in [4.69, 9.17) is 0 Å². The van der Waals surface area contributed by atoms with Crippen molar-refractivity contribution in [1.82, 2.24) is 10.3 Å². The van der Waals surface area contributed by atoms with Crippen LogP contribution in [0, 0.1) is 11.7 Å². The van der Waals surface area contributed by atoms with Gasteiger partial charge in [0.05, 0.1) is 17.7 Å². The lowest BCUT2D eigenvalue weighted by molar-refractivity contribution is 0.409. The Morgan fingerprint density at radius 1 is 1.58 bits per heavy atom. The van der Waals surface area contributed by atoms with Crippen molar-refractivity contribution < 1.29 is 12.8 Å². The van der Waals surface area contributed by atoms with E-state index >= 15 is 0 Å². The highest BCUT2D eigenvalue weighted by Gasteiger charge is 2.30. The van der Waals surface area contributed by atoms with Crippen molar-refractivity contribution in [2.75, 3.05) is 18.1 Å². The van der Waals surface area contributed by atoms with Gasteiger partial charge >= 0.3 is 0 Å². The van der Waals surface area contributed by atoms with Crippen molar-refractivity contribution >= 4 is 9.84 Å². The van der Waals surface area contributed by atoms with E-state index in [9.17, 15) is 12.8 Å². The molecule has 1 aliphatic rings. The van der Waals surface area contributed by atoms with Gasteiger partial charge in [0.2, 0.25) is 0 Å². The summed E-state index contributed by atoms with van der Waals surface area (Å²) in [6, 6.07) is 1.51. The molecule has 0 aromatic carbocycles. The first kappa shape index (κ1) is 14.4. The Hall–Kier alpha value is -1.01. The Bertz CT molecular complexity index is 533. The first-order valence-electron chi connectivity index (χ1n) is 6.55. The summed E-state index contributed by atoms with van der Waals surface area (Å²) in [5, 5.41) is 3.23. The average Bonchev–Trinajstić information content (AvgIpc) is 2.69. The molecule has 2 atom stereocenters. The minimum absolute atomic E-state index is 0.113. The third-order valence-electron chi connectivity index (χ3n) is 3.53. The molecule has 0 saturated carbocycles. The average molecular weight is 286 g/mol. The van der Waals surface area contributed by atoms with Gasteiger partial charge in [0.15, 0.2) is 9.84 Å². The third-order valence-corrected chi connectivity index (χ3v) is 5.36. The third kappa shape index (κ3) is 3.73. The Balaban J connectivity index is 2.11. The van der Waals surface area contributed by atoms with Crippen molar-refractivity contribution in [3.8, 4) is 0 Å². The molecule has 0 radical (unpaired) electrons. The fraction of sp³-hybridized carbons (Fsp3) is 0.615. The summed E-state index contributed by atoms with van der Waals surface area (Å²) in [5.41, 5.74) is 0.571. The van der Waals surface area contributed by atoms with Crippen LogP contribution >= 0.6 is 0 Å². The lowest BCUT2D eigenvalue weighted by atomic mass is 9.94. The van der Waals surface area contributed by atoms with Crippen LogP contribution < -0.4 is 5.32 Å². The number of hydrogen-bond acceptors (Lipinski definition) is 4. The molecular formula is C13H19FN2O2S. The number of aromatic nitrogens is 1. The fourth-order valence-electron chi connectivity index (χ4n) is 2.63. The van der Waals surface area contributed by atoms with Crippen LogP contribution in [0.1, 0.15) is 31.4 Å². The van der Waals surface area contributed by atoms with Crippen molar-refractivity contribution in [2.45, 2.75) is 25.8 Å². The van der Waals surface area contributed by atoms with E-state index in [1.807, 2.05) is 6.92 Å². The molecule has 106 valence electrons. The molecule has 4 nitrogen and oxygen atoms in total. The van der Waals surface area contributed by atoms with E-state index in [0.29, 0.717) is 24.9 Å². The van der Waals surface area contributed by atoms with Crippen molar-refractivity contribution in [3.05, 3.63) is 29.8 Å². The Kier molecular flexibility index (Phi) is 4.52. The molecule has 0 spiro atoms. The monoisotopic (exact) mass is 286 g/mol. The van der Waals surface area contributed by atoms with Crippen molar-refractivity contribution in [2.24, 2.45) is 5.92 Å². The summed E-state index contributed by atoms with van der Waals surface area (Å²) < 4.78 is 36.7. The van der Waals surface area contributed by atoms with Crippen LogP contribution in [0.5, 0.6) is 0 Å². The Morgan fingerprint density at radius 2 is 2.37 bits per heavy atom. The van der Waals surface area contributed by atoms with E-state index in [0.717, 1.165) is 0 Å². The van der Waals surface area contributed by atoms with E-state index in [-0.39, 0.29) is 29.3 Å². The zero-order chi connectivity index (χ0) is 13.9. The highest BCUT2D eigenvalue weighted by Crippen LogP contribution is 2.29. The molecule has 1 aromatic heterocycles. The predicted octanol–water partition coefficient (Wildman–Crippen LogP) is 1.70. The largest absolute Gasteiger partial charge is 0.310 e. The topological polar surface area (TPSA) is 59.1 Å². The molecule has 1 aliphatic heterocycles. The van der Waals surface area contributed by atoms with Gasteiger partial charge in [0.1, 0.15) is 5.82 Å². The molecule has 1 saturated heterocycles. The molecular weight excluding hydrogens is 267 g/mol. The summed E-state index contributed by atoms with van der Waals surface area (Å²) in [6.07, 6.45) is 4.09. The van der Waals surface area contributed by atoms with Crippen LogP contribution in [0.4, 0.5) is 4.39 Å². The van der Waals surface area contributed by atoms with Crippen molar-refractivity contribution in [3.63, 3.8) is 0 Å². The number of hydrogen-bond donors (Lipinski definition) is 1. The summed E-state index contributed by atoms with van der Waals surface area (Å²) in [7, 11) is -2.88. The van der Waals surface area contributed by atoms with Crippen LogP contribution in [0.15, 0.2) is 18.5 Å². The summed E-state index contributed by atoms with van der Waals surface area (Å²) in [4.78, 5) is 3.74. The quantitative estimate of drug-likeness (QED) is 0.895. The van der Waals surface area contributed by atoms with E-state index in [1.165, 1.54) is 6.20 Å².